The lowest BCUT2D eigenvalue weighted by Crippen LogP contribution is -2.25. The fourth-order valence-electron chi connectivity index (χ4n) is 3.17. The second-order valence-corrected chi connectivity index (χ2v) is 5.75. The predicted octanol–water partition coefficient (Wildman–Crippen LogP) is 2.38. The summed E-state index contributed by atoms with van der Waals surface area (Å²) in [6, 6.07) is 6.25. The molecule has 0 spiro atoms. The minimum Gasteiger partial charge on any atom is -0.391 e. The molecule has 3 heterocycles. The van der Waals surface area contributed by atoms with E-state index < -0.39 is 6.10 Å². The Labute approximate surface area is 131 Å². The number of benzene rings is 1. The summed E-state index contributed by atoms with van der Waals surface area (Å²) in [4.78, 5) is 10.5. The van der Waals surface area contributed by atoms with E-state index in [0.29, 0.717) is 30.2 Å². The molecule has 1 N–H and O–H groups in total. The van der Waals surface area contributed by atoms with Crippen molar-refractivity contribution < 1.29 is 14.0 Å². The van der Waals surface area contributed by atoms with Crippen LogP contribution in [0.25, 0.3) is 11.1 Å². The van der Waals surface area contributed by atoms with Crippen molar-refractivity contribution in [2.75, 3.05) is 11.4 Å². The highest BCUT2D eigenvalue weighted by Crippen LogP contribution is 2.38. The van der Waals surface area contributed by atoms with Crippen LogP contribution < -0.4 is 4.90 Å². The van der Waals surface area contributed by atoms with E-state index in [0.717, 1.165) is 10.9 Å². The van der Waals surface area contributed by atoms with Crippen molar-refractivity contribution in [2.24, 2.45) is 0 Å². The third kappa shape index (κ3) is 2.33. The number of β-amino-alcohol motifs (C(OH)–C–C–N with tert-alkyl or cyclic N) is 1. The molecular formula is C16H15FN4O2. The number of hydrogen-bond acceptors (Lipinski definition) is 6. The van der Waals surface area contributed by atoms with E-state index in [9.17, 15) is 9.50 Å². The van der Waals surface area contributed by atoms with Gasteiger partial charge in [-0.05, 0) is 31.0 Å². The minimum absolute atomic E-state index is 0.0852. The molecule has 1 aromatic carbocycles. The highest BCUT2D eigenvalue weighted by atomic mass is 19.1. The van der Waals surface area contributed by atoms with E-state index in [1.807, 2.05) is 11.8 Å². The van der Waals surface area contributed by atoms with Gasteiger partial charge in [-0.15, -0.1) is 0 Å². The second kappa shape index (κ2) is 5.27. The van der Waals surface area contributed by atoms with Gasteiger partial charge in [-0.25, -0.2) is 9.37 Å². The van der Waals surface area contributed by atoms with Crippen LogP contribution in [0.4, 0.5) is 10.2 Å². The summed E-state index contributed by atoms with van der Waals surface area (Å²) in [6.07, 6.45) is 1.51. The minimum atomic E-state index is -0.477. The molecule has 3 aromatic rings. The third-order valence-corrected chi connectivity index (χ3v) is 4.23. The first-order chi connectivity index (χ1) is 11.1. The van der Waals surface area contributed by atoms with E-state index >= 15 is 0 Å². The van der Waals surface area contributed by atoms with E-state index in [1.54, 1.807) is 12.1 Å². The molecule has 4 rings (SSSR count). The van der Waals surface area contributed by atoms with Crippen LogP contribution in [0.2, 0.25) is 0 Å². The molecule has 0 bridgehead atoms. The number of hydrogen-bond donors (Lipinski definition) is 1. The zero-order valence-corrected chi connectivity index (χ0v) is 12.5. The highest BCUT2D eigenvalue weighted by Gasteiger charge is 2.34. The Kier molecular flexibility index (Phi) is 3.23. The molecule has 0 aliphatic carbocycles. The largest absolute Gasteiger partial charge is 0.391 e. The van der Waals surface area contributed by atoms with Crippen LogP contribution in [-0.4, -0.2) is 32.9 Å². The monoisotopic (exact) mass is 314 g/mol. The van der Waals surface area contributed by atoms with Gasteiger partial charge in [-0.3, -0.25) is 0 Å². The van der Waals surface area contributed by atoms with Crippen molar-refractivity contribution >= 4 is 16.9 Å². The molecule has 0 amide bonds. The summed E-state index contributed by atoms with van der Waals surface area (Å²) < 4.78 is 18.4. The van der Waals surface area contributed by atoms with E-state index in [1.165, 1.54) is 18.5 Å². The Morgan fingerprint density at radius 1 is 1.26 bits per heavy atom. The van der Waals surface area contributed by atoms with Crippen molar-refractivity contribution in [2.45, 2.75) is 25.5 Å². The Morgan fingerprint density at radius 2 is 2.04 bits per heavy atom. The van der Waals surface area contributed by atoms with Gasteiger partial charge in [0.1, 0.15) is 23.3 Å². The van der Waals surface area contributed by atoms with Crippen LogP contribution in [-0.2, 0) is 0 Å². The van der Waals surface area contributed by atoms with Crippen LogP contribution in [0.1, 0.15) is 23.7 Å². The van der Waals surface area contributed by atoms with Crippen molar-refractivity contribution in [1.82, 2.24) is 15.1 Å². The van der Waals surface area contributed by atoms with Gasteiger partial charge in [-0.1, -0.05) is 17.3 Å². The molecular weight excluding hydrogens is 299 g/mol. The molecule has 2 atom stereocenters. The first-order valence-electron chi connectivity index (χ1n) is 7.40. The lowest BCUT2D eigenvalue weighted by molar-refractivity contribution is 0.194. The van der Waals surface area contributed by atoms with E-state index in [-0.39, 0.29) is 11.9 Å². The normalized spacial score (nSPS) is 21.3. The number of halogens is 1. The summed E-state index contributed by atoms with van der Waals surface area (Å²) in [5, 5.41) is 14.8. The number of aryl methyl sites for hydroxylation is 1. The molecule has 6 nitrogen and oxygen atoms in total. The lowest BCUT2D eigenvalue weighted by Gasteiger charge is -2.26. The topological polar surface area (TPSA) is 75.3 Å². The number of aliphatic hydroxyl groups excluding tert-OH is 1. The maximum atomic E-state index is 13.2. The van der Waals surface area contributed by atoms with Gasteiger partial charge < -0.3 is 14.5 Å². The maximum absolute atomic E-state index is 13.2. The standard InChI is InChI=1S/C16H15FN4O2/c1-9-14-15(18-8-19-16(14)23-20-9)21-7-12(22)6-13(21)10-2-4-11(17)5-3-10/h2-5,8,12-13,22H,6-7H2,1H3/t12-,13-/m1/s1. The zero-order chi connectivity index (χ0) is 16.0. The quantitative estimate of drug-likeness (QED) is 0.783. The molecule has 2 aromatic heterocycles. The molecule has 0 radical (unpaired) electrons. The van der Waals surface area contributed by atoms with Gasteiger partial charge in [-0.2, -0.15) is 4.98 Å². The lowest BCUT2D eigenvalue weighted by atomic mass is 10.0. The van der Waals surface area contributed by atoms with E-state index in [4.69, 9.17) is 4.52 Å². The van der Waals surface area contributed by atoms with Gasteiger partial charge in [0.2, 0.25) is 0 Å². The number of aliphatic hydroxyl groups is 1. The van der Waals surface area contributed by atoms with Crippen LogP contribution in [0.5, 0.6) is 0 Å². The molecule has 7 heteroatoms. The van der Waals surface area contributed by atoms with Crippen molar-refractivity contribution in [3.8, 4) is 0 Å². The summed E-state index contributed by atoms with van der Waals surface area (Å²) in [6.45, 7) is 2.27. The average molecular weight is 314 g/mol. The number of rotatable bonds is 2. The van der Waals surface area contributed by atoms with Crippen LogP contribution >= 0.6 is 0 Å². The smallest absolute Gasteiger partial charge is 0.263 e. The summed E-state index contributed by atoms with van der Waals surface area (Å²) in [7, 11) is 0. The number of anilines is 1. The second-order valence-electron chi connectivity index (χ2n) is 5.75. The molecule has 1 aliphatic rings. The number of aromatic nitrogens is 3. The third-order valence-electron chi connectivity index (χ3n) is 4.23. The first kappa shape index (κ1) is 14.1. The van der Waals surface area contributed by atoms with Crippen molar-refractivity contribution in [3.05, 3.63) is 47.7 Å². The molecule has 0 saturated carbocycles. The zero-order valence-electron chi connectivity index (χ0n) is 12.5. The predicted molar refractivity (Wildman–Crippen MR) is 81.4 cm³/mol. The van der Waals surface area contributed by atoms with Gasteiger partial charge in [0.25, 0.3) is 5.71 Å². The SMILES string of the molecule is Cc1noc2ncnc(N3C[C@H](O)C[C@@H]3c3ccc(F)cc3)c12. The van der Waals surface area contributed by atoms with Gasteiger partial charge in [0, 0.05) is 6.54 Å². The van der Waals surface area contributed by atoms with Crippen molar-refractivity contribution in [3.63, 3.8) is 0 Å². The molecule has 1 saturated heterocycles. The fraction of sp³-hybridized carbons (Fsp3) is 0.312. The molecule has 118 valence electrons. The summed E-state index contributed by atoms with van der Waals surface area (Å²) in [5.74, 6) is 0.401. The van der Waals surface area contributed by atoms with Crippen LogP contribution in [0.3, 0.4) is 0 Å². The average Bonchev–Trinajstić information content (AvgIpc) is 3.12. The molecule has 1 fully saturated rings. The number of fused-ring (bicyclic) bond motifs is 1. The first-order valence-corrected chi connectivity index (χ1v) is 7.40. The summed E-state index contributed by atoms with van der Waals surface area (Å²) in [5.41, 5.74) is 2.06. The van der Waals surface area contributed by atoms with E-state index in [2.05, 4.69) is 15.1 Å². The fourth-order valence-corrected chi connectivity index (χ4v) is 3.17. The van der Waals surface area contributed by atoms with Gasteiger partial charge >= 0.3 is 0 Å². The molecule has 0 unspecified atom stereocenters. The summed E-state index contributed by atoms with van der Waals surface area (Å²) >= 11 is 0. The van der Waals surface area contributed by atoms with Crippen molar-refractivity contribution in [1.29, 1.82) is 0 Å². The molecule has 23 heavy (non-hydrogen) atoms. The Balaban J connectivity index is 1.81. The Bertz CT molecular complexity index is 849. The maximum Gasteiger partial charge on any atom is 0.263 e. The highest BCUT2D eigenvalue weighted by molar-refractivity contribution is 5.88. The van der Waals surface area contributed by atoms with Gasteiger partial charge in [0.15, 0.2) is 0 Å². The van der Waals surface area contributed by atoms with Gasteiger partial charge in [0.05, 0.1) is 17.8 Å². The Hall–Kier alpha value is -2.54. The molecule has 1 aliphatic heterocycles. The van der Waals surface area contributed by atoms with Crippen LogP contribution in [0.15, 0.2) is 35.1 Å². The Morgan fingerprint density at radius 3 is 2.83 bits per heavy atom. The number of nitrogens with zero attached hydrogens (tertiary/aromatic N) is 4. The van der Waals surface area contributed by atoms with Crippen LogP contribution in [0, 0.1) is 12.7 Å².